The minimum absolute atomic E-state index is 0. The molecule has 2 aliphatic rings. The van der Waals surface area contributed by atoms with Gasteiger partial charge in [-0.05, 0) is 12.8 Å². The summed E-state index contributed by atoms with van der Waals surface area (Å²) in [6, 6.07) is 0. The van der Waals surface area contributed by atoms with Gasteiger partial charge in [-0.25, -0.2) is 0 Å². The Bertz CT molecular complexity index is 377. The number of piperazine rings is 1. The maximum Gasteiger partial charge on any atom is 0.225 e. The highest BCUT2D eigenvalue weighted by Gasteiger charge is 2.30. The topological polar surface area (TPSA) is 75.9 Å². The van der Waals surface area contributed by atoms with Gasteiger partial charge in [0.2, 0.25) is 11.8 Å². The van der Waals surface area contributed by atoms with Gasteiger partial charge < -0.3 is 20.3 Å². The quantitative estimate of drug-likeness (QED) is 0.805. The van der Waals surface area contributed by atoms with E-state index in [2.05, 4.69) is 0 Å². The van der Waals surface area contributed by atoms with Crippen LogP contribution < -0.4 is 5.73 Å². The van der Waals surface area contributed by atoms with Crippen LogP contribution in [0.3, 0.4) is 0 Å². The average Bonchev–Trinajstić information content (AvgIpc) is 2.59. The first-order valence-corrected chi connectivity index (χ1v) is 8.45. The molecule has 23 heavy (non-hydrogen) atoms. The van der Waals surface area contributed by atoms with Crippen molar-refractivity contribution in [1.29, 1.82) is 0 Å². The molecule has 0 aromatic heterocycles. The second kappa shape index (κ2) is 10.1. The molecule has 0 bridgehead atoms. The number of carbonyl (C=O) groups is 2. The average molecular weight is 348 g/mol. The maximum atomic E-state index is 12.5. The number of nitrogens with zero attached hydrogens (tertiary/aromatic N) is 2. The van der Waals surface area contributed by atoms with Crippen LogP contribution in [0.1, 0.15) is 38.5 Å². The molecule has 0 spiro atoms. The molecule has 0 radical (unpaired) electrons. The summed E-state index contributed by atoms with van der Waals surface area (Å²) >= 11 is 0. The van der Waals surface area contributed by atoms with Gasteiger partial charge in [0.1, 0.15) is 0 Å². The van der Waals surface area contributed by atoms with Crippen molar-refractivity contribution < 1.29 is 14.3 Å². The first kappa shape index (κ1) is 20.2. The Hall–Kier alpha value is -0.850. The summed E-state index contributed by atoms with van der Waals surface area (Å²) in [5, 5.41) is 0. The predicted molar refractivity (Wildman–Crippen MR) is 91.5 cm³/mol. The number of halogens is 1. The van der Waals surface area contributed by atoms with E-state index in [4.69, 9.17) is 10.5 Å². The molecule has 1 aliphatic heterocycles. The van der Waals surface area contributed by atoms with E-state index in [1.807, 2.05) is 9.80 Å². The lowest BCUT2D eigenvalue weighted by atomic mass is 9.88. The second-order valence-electron chi connectivity index (χ2n) is 6.34. The molecule has 2 N–H and O–H groups in total. The lowest BCUT2D eigenvalue weighted by molar-refractivity contribution is -0.143. The smallest absolute Gasteiger partial charge is 0.225 e. The van der Waals surface area contributed by atoms with Gasteiger partial charge in [0.05, 0.1) is 12.5 Å². The number of nitrogens with two attached hydrogens (primary N) is 1. The Morgan fingerprint density at radius 3 is 2.17 bits per heavy atom. The van der Waals surface area contributed by atoms with Crippen molar-refractivity contribution in [3.63, 3.8) is 0 Å². The van der Waals surface area contributed by atoms with E-state index >= 15 is 0 Å². The van der Waals surface area contributed by atoms with Crippen LogP contribution in [-0.2, 0) is 14.3 Å². The lowest BCUT2D eigenvalue weighted by Gasteiger charge is -2.37. The van der Waals surface area contributed by atoms with E-state index in [1.165, 1.54) is 19.3 Å². The Balaban J connectivity index is 0.00000264. The fourth-order valence-corrected chi connectivity index (χ4v) is 3.37. The fraction of sp³-hybridized carbons (Fsp3) is 0.875. The van der Waals surface area contributed by atoms with Crippen molar-refractivity contribution in [2.24, 2.45) is 11.7 Å². The number of hydrogen-bond donors (Lipinski definition) is 1. The highest BCUT2D eigenvalue weighted by Crippen LogP contribution is 2.25. The van der Waals surface area contributed by atoms with E-state index in [1.54, 1.807) is 7.11 Å². The van der Waals surface area contributed by atoms with Crippen molar-refractivity contribution in [2.45, 2.75) is 44.6 Å². The van der Waals surface area contributed by atoms with Crippen LogP contribution >= 0.6 is 12.4 Å². The first-order valence-electron chi connectivity index (χ1n) is 8.45. The SMILES string of the molecule is COC(CN)CC(=O)N1CCN(C(=O)C2CCCCC2)CC1.Cl. The molecule has 1 aliphatic carbocycles. The van der Waals surface area contributed by atoms with Crippen LogP contribution in [0.25, 0.3) is 0 Å². The van der Waals surface area contributed by atoms with E-state index < -0.39 is 0 Å². The summed E-state index contributed by atoms with van der Waals surface area (Å²) in [6.07, 6.45) is 5.78. The largest absolute Gasteiger partial charge is 0.380 e. The van der Waals surface area contributed by atoms with Gasteiger partial charge in [0, 0.05) is 45.8 Å². The third-order valence-corrected chi connectivity index (χ3v) is 4.90. The molecule has 2 fully saturated rings. The minimum atomic E-state index is -0.214. The van der Waals surface area contributed by atoms with E-state index in [9.17, 15) is 9.59 Å². The number of amides is 2. The van der Waals surface area contributed by atoms with Crippen molar-refractivity contribution in [3.8, 4) is 0 Å². The van der Waals surface area contributed by atoms with E-state index in [0.717, 1.165) is 12.8 Å². The molecular formula is C16H30ClN3O3. The number of carbonyl (C=O) groups excluding carboxylic acids is 2. The molecule has 1 atom stereocenters. The molecule has 134 valence electrons. The Labute approximate surface area is 145 Å². The number of ether oxygens (including phenoxy) is 1. The molecule has 2 amide bonds. The van der Waals surface area contributed by atoms with Gasteiger partial charge in [-0.1, -0.05) is 19.3 Å². The number of hydrogen-bond acceptors (Lipinski definition) is 4. The third kappa shape index (κ3) is 5.62. The summed E-state index contributed by atoms with van der Waals surface area (Å²) in [7, 11) is 1.57. The second-order valence-corrected chi connectivity index (χ2v) is 6.34. The summed E-state index contributed by atoms with van der Waals surface area (Å²) in [5.41, 5.74) is 5.56. The van der Waals surface area contributed by atoms with Gasteiger partial charge in [-0.3, -0.25) is 9.59 Å². The van der Waals surface area contributed by atoms with Crippen molar-refractivity contribution in [3.05, 3.63) is 0 Å². The fourth-order valence-electron chi connectivity index (χ4n) is 3.37. The van der Waals surface area contributed by atoms with Gasteiger partial charge >= 0.3 is 0 Å². The molecular weight excluding hydrogens is 318 g/mol. The Morgan fingerprint density at radius 2 is 1.65 bits per heavy atom. The first-order chi connectivity index (χ1) is 10.7. The van der Waals surface area contributed by atoms with Crippen molar-refractivity contribution in [2.75, 3.05) is 39.8 Å². The monoisotopic (exact) mass is 347 g/mol. The van der Waals surface area contributed by atoms with Crippen LogP contribution in [0, 0.1) is 5.92 Å². The van der Waals surface area contributed by atoms with Crippen LogP contribution in [0.5, 0.6) is 0 Å². The van der Waals surface area contributed by atoms with Gasteiger partial charge in [0.25, 0.3) is 0 Å². The molecule has 1 saturated carbocycles. The summed E-state index contributed by atoms with van der Waals surface area (Å²) in [6.45, 7) is 2.90. The highest BCUT2D eigenvalue weighted by atomic mass is 35.5. The zero-order chi connectivity index (χ0) is 15.9. The normalized spacial score (nSPS) is 20.8. The number of methoxy groups -OCH3 is 1. The Morgan fingerprint density at radius 1 is 1.09 bits per heavy atom. The van der Waals surface area contributed by atoms with Crippen LogP contribution in [-0.4, -0.2) is 67.6 Å². The Kier molecular flexibility index (Phi) is 8.87. The standard InChI is InChI=1S/C16H29N3O3.ClH/c1-22-14(12-17)11-15(20)18-7-9-19(10-8-18)16(21)13-5-3-2-4-6-13;/h13-14H,2-12,17H2,1H3;1H. The number of rotatable bonds is 5. The highest BCUT2D eigenvalue weighted by molar-refractivity contribution is 5.85. The zero-order valence-corrected chi connectivity index (χ0v) is 14.9. The molecule has 1 unspecified atom stereocenters. The molecule has 0 aromatic carbocycles. The van der Waals surface area contributed by atoms with Gasteiger partial charge in [-0.15, -0.1) is 12.4 Å². The molecule has 2 rings (SSSR count). The van der Waals surface area contributed by atoms with Crippen molar-refractivity contribution in [1.82, 2.24) is 9.80 Å². The lowest BCUT2D eigenvalue weighted by Crippen LogP contribution is -2.52. The zero-order valence-electron chi connectivity index (χ0n) is 14.0. The van der Waals surface area contributed by atoms with Crippen LogP contribution in [0.15, 0.2) is 0 Å². The molecule has 0 aromatic rings. The van der Waals surface area contributed by atoms with Gasteiger partial charge in [0.15, 0.2) is 0 Å². The van der Waals surface area contributed by atoms with Crippen molar-refractivity contribution >= 4 is 24.2 Å². The molecule has 1 heterocycles. The summed E-state index contributed by atoms with van der Waals surface area (Å²) in [5.74, 6) is 0.580. The van der Waals surface area contributed by atoms with Crippen LogP contribution in [0.4, 0.5) is 0 Å². The molecule has 6 nitrogen and oxygen atoms in total. The molecule has 7 heteroatoms. The summed E-state index contributed by atoms with van der Waals surface area (Å²) < 4.78 is 5.16. The third-order valence-electron chi connectivity index (χ3n) is 4.90. The predicted octanol–water partition coefficient (Wildman–Crippen LogP) is 1.02. The van der Waals surface area contributed by atoms with E-state index in [0.29, 0.717) is 45.1 Å². The summed E-state index contributed by atoms with van der Waals surface area (Å²) in [4.78, 5) is 28.4. The van der Waals surface area contributed by atoms with E-state index in [-0.39, 0.29) is 30.3 Å². The maximum absolute atomic E-state index is 12.5. The van der Waals surface area contributed by atoms with Gasteiger partial charge in [-0.2, -0.15) is 0 Å². The van der Waals surface area contributed by atoms with Crippen LogP contribution in [0.2, 0.25) is 0 Å². The molecule has 1 saturated heterocycles. The minimum Gasteiger partial charge on any atom is -0.380 e.